The summed E-state index contributed by atoms with van der Waals surface area (Å²) in [6.07, 6.45) is -1.59. The highest BCUT2D eigenvalue weighted by molar-refractivity contribution is 8.14. The molecule has 74 valence electrons. The molecule has 0 saturated heterocycles. The second-order valence-corrected chi connectivity index (χ2v) is 7.71. The van der Waals surface area contributed by atoms with Crippen molar-refractivity contribution in [3.63, 3.8) is 0 Å². The van der Waals surface area contributed by atoms with Gasteiger partial charge in [0.2, 0.25) is 18.1 Å². The maximum atomic E-state index is 10.3. The van der Waals surface area contributed by atoms with Gasteiger partial charge in [-0.05, 0) is 0 Å². The number of rotatable bonds is 4. The second-order valence-electron chi connectivity index (χ2n) is 2.06. The van der Waals surface area contributed by atoms with Crippen molar-refractivity contribution < 1.29 is 21.9 Å². The monoisotopic (exact) mass is 256 g/mol. The van der Waals surface area contributed by atoms with E-state index in [1.807, 2.05) is 0 Å². The maximum absolute atomic E-state index is 10.3. The summed E-state index contributed by atoms with van der Waals surface area (Å²) >= 11 is 0. The maximum Gasteiger partial charge on any atom is 0.235 e. The third-order valence-electron chi connectivity index (χ3n) is 0.783. The van der Waals surface area contributed by atoms with E-state index >= 15 is 0 Å². The molecule has 0 unspecified atom stereocenters. The SMILES string of the molecule is O=S(=O)(Cl)CC(O)CS(=O)(=O)Cl. The average Bonchev–Trinajstić information content (AvgIpc) is 1.49. The molecular formula is C3H6Cl2O5S2. The summed E-state index contributed by atoms with van der Waals surface area (Å²) in [5.74, 6) is -1.67. The average molecular weight is 257 g/mol. The van der Waals surface area contributed by atoms with E-state index in [0.717, 1.165) is 0 Å². The third kappa shape index (κ3) is 8.54. The zero-order valence-electron chi connectivity index (χ0n) is 5.64. The number of hydrogen-bond acceptors (Lipinski definition) is 5. The molecule has 0 aliphatic heterocycles. The van der Waals surface area contributed by atoms with Gasteiger partial charge in [-0.3, -0.25) is 0 Å². The Bertz CT molecular complexity index is 296. The van der Waals surface area contributed by atoms with Crippen LogP contribution in [0.4, 0.5) is 0 Å². The van der Waals surface area contributed by atoms with E-state index < -0.39 is 35.7 Å². The Morgan fingerprint density at radius 1 is 1.00 bits per heavy atom. The molecule has 0 aromatic rings. The Balaban J connectivity index is 4.19. The van der Waals surface area contributed by atoms with Crippen LogP contribution >= 0.6 is 21.4 Å². The van der Waals surface area contributed by atoms with Gasteiger partial charge in [-0.2, -0.15) is 0 Å². The number of aliphatic hydroxyl groups is 1. The van der Waals surface area contributed by atoms with Crippen molar-refractivity contribution in [2.45, 2.75) is 6.10 Å². The highest BCUT2D eigenvalue weighted by Gasteiger charge is 2.19. The van der Waals surface area contributed by atoms with Crippen LogP contribution in [0.3, 0.4) is 0 Å². The van der Waals surface area contributed by atoms with Crippen LogP contribution in [0.15, 0.2) is 0 Å². The Morgan fingerprint density at radius 3 is 1.42 bits per heavy atom. The van der Waals surface area contributed by atoms with Crippen LogP contribution in [0, 0.1) is 0 Å². The molecule has 1 N–H and O–H groups in total. The van der Waals surface area contributed by atoms with Gasteiger partial charge in [-0.25, -0.2) is 16.8 Å². The van der Waals surface area contributed by atoms with Gasteiger partial charge in [0.05, 0.1) is 17.6 Å². The molecule has 0 radical (unpaired) electrons. The van der Waals surface area contributed by atoms with E-state index in [1.165, 1.54) is 0 Å². The molecule has 5 nitrogen and oxygen atoms in total. The molecule has 12 heavy (non-hydrogen) atoms. The van der Waals surface area contributed by atoms with Gasteiger partial charge < -0.3 is 5.11 Å². The van der Waals surface area contributed by atoms with Crippen molar-refractivity contribution >= 4 is 39.5 Å². The van der Waals surface area contributed by atoms with Crippen LogP contribution in [0.2, 0.25) is 0 Å². The van der Waals surface area contributed by atoms with Gasteiger partial charge in [0.15, 0.2) is 0 Å². The molecule has 0 saturated carbocycles. The van der Waals surface area contributed by atoms with Crippen LogP contribution in [0.5, 0.6) is 0 Å². The molecule has 0 aromatic carbocycles. The minimum Gasteiger partial charge on any atom is -0.391 e. The van der Waals surface area contributed by atoms with Crippen molar-refractivity contribution in [3.8, 4) is 0 Å². The van der Waals surface area contributed by atoms with E-state index in [0.29, 0.717) is 0 Å². The fourth-order valence-electron chi connectivity index (χ4n) is 0.508. The lowest BCUT2D eigenvalue weighted by Gasteiger charge is -2.04. The molecule has 0 aliphatic rings. The van der Waals surface area contributed by atoms with Crippen LogP contribution in [0.1, 0.15) is 0 Å². The van der Waals surface area contributed by atoms with Crippen LogP contribution in [-0.2, 0) is 18.1 Å². The van der Waals surface area contributed by atoms with Crippen LogP contribution in [0.25, 0.3) is 0 Å². The summed E-state index contributed by atoms with van der Waals surface area (Å²) in [7, 11) is 1.67. The summed E-state index contributed by atoms with van der Waals surface area (Å²) in [6.45, 7) is 0. The highest BCUT2D eigenvalue weighted by Crippen LogP contribution is 2.05. The van der Waals surface area contributed by atoms with Gasteiger partial charge in [-0.15, -0.1) is 0 Å². The third-order valence-corrected chi connectivity index (χ3v) is 3.10. The fourth-order valence-corrected chi connectivity index (χ4v) is 2.68. The molecule has 9 heteroatoms. The first-order chi connectivity index (χ1) is 5.10. The quantitative estimate of drug-likeness (QED) is 0.685. The molecule has 0 aliphatic carbocycles. The molecule has 0 heterocycles. The first-order valence-corrected chi connectivity index (χ1v) is 7.58. The van der Waals surface area contributed by atoms with Gasteiger partial charge in [0, 0.05) is 21.4 Å². The van der Waals surface area contributed by atoms with Gasteiger partial charge in [0.25, 0.3) is 0 Å². The van der Waals surface area contributed by atoms with E-state index in [1.54, 1.807) is 0 Å². The van der Waals surface area contributed by atoms with Gasteiger partial charge in [0.1, 0.15) is 0 Å². The molecule has 0 bridgehead atoms. The molecule has 0 fully saturated rings. The molecule has 0 spiro atoms. The van der Waals surface area contributed by atoms with Crippen molar-refractivity contribution in [3.05, 3.63) is 0 Å². The lowest BCUT2D eigenvalue weighted by Crippen LogP contribution is -2.24. The van der Waals surface area contributed by atoms with Crippen LogP contribution in [-0.4, -0.2) is 39.6 Å². The van der Waals surface area contributed by atoms with Gasteiger partial charge in [-0.1, -0.05) is 0 Å². The summed E-state index contributed by atoms with van der Waals surface area (Å²) in [5, 5.41) is 8.79. The van der Waals surface area contributed by atoms with Crippen molar-refractivity contribution in [2.24, 2.45) is 0 Å². The number of halogens is 2. The smallest absolute Gasteiger partial charge is 0.235 e. The molecule has 0 amide bonds. The normalized spacial score (nSPS) is 13.7. The largest absolute Gasteiger partial charge is 0.391 e. The minimum atomic E-state index is -3.90. The van der Waals surface area contributed by atoms with E-state index in [4.69, 9.17) is 26.5 Å². The molecule has 0 aromatic heterocycles. The number of hydrogen-bond donors (Lipinski definition) is 1. The lowest BCUT2D eigenvalue weighted by molar-refractivity contribution is 0.221. The first kappa shape index (κ1) is 12.4. The fraction of sp³-hybridized carbons (Fsp3) is 1.00. The Hall–Kier alpha value is 0.440. The Kier molecular flexibility index (Phi) is 4.25. The summed E-state index contributed by atoms with van der Waals surface area (Å²) < 4.78 is 41.2. The zero-order chi connectivity index (χ0) is 9.99. The molecular weight excluding hydrogens is 251 g/mol. The second kappa shape index (κ2) is 4.10. The first-order valence-electron chi connectivity index (χ1n) is 2.63. The predicted molar refractivity (Wildman–Crippen MR) is 45.3 cm³/mol. The lowest BCUT2D eigenvalue weighted by atomic mass is 10.5. The Morgan fingerprint density at radius 2 is 1.25 bits per heavy atom. The minimum absolute atomic E-state index is 0.833. The summed E-state index contributed by atoms with van der Waals surface area (Å²) in [5.41, 5.74) is 0. The standard InChI is InChI=1S/C3H6Cl2O5S2/c4-11(7,8)1-3(6)2-12(5,9)10/h3,6H,1-2H2. The van der Waals surface area contributed by atoms with E-state index in [-0.39, 0.29) is 0 Å². The van der Waals surface area contributed by atoms with Crippen molar-refractivity contribution in [1.82, 2.24) is 0 Å². The molecule has 0 rings (SSSR count). The topological polar surface area (TPSA) is 88.5 Å². The predicted octanol–water partition coefficient (Wildman–Crippen LogP) is -0.515. The highest BCUT2D eigenvalue weighted by atomic mass is 35.7. The summed E-state index contributed by atoms with van der Waals surface area (Å²) in [4.78, 5) is 0. The van der Waals surface area contributed by atoms with E-state index in [9.17, 15) is 16.8 Å². The van der Waals surface area contributed by atoms with Crippen molar-refractivity contribution in [2.75, 3.05) is 11.5 Å². The van der Waals surface area contributed by atoms with E-state index in [2.05, 4.69) is 0 Å². The number of aliphatic hydroxyl groups excluding tert-OH is 1. The van der Waals surface area contributed by atoms with Crippen LogP contribution < -0.4 is 0 Å². The zero-order valence-corrected chi connectivity index (χ0v) is 8.79. The summed E-state index contributed by atoms with van der Waals surface area (Å²) in [6, 6.07) is 0. The van der Waals surface area contributed by atoms with Gasteiger partial charge >= 0.3 is 0 Å². The molecule has 0 atom stereocenters. The Labute approximate surface area is 79.1 Å². The van der Waals surface area contributed by atoms with Crippen molar-refractivity contribution in [1.29, 1.82) is 0 Å².